The summed E-state index contributed by atoms with van der Waals surface area (Å²) in [4.78, 5) is 12.9. The van der Waals surface area contributed by atoms with Gasteiger partial charge in [0.1, 0.15) is 5.75 Å². The van der Waals surface area contributed by atoms with E-state index in [-0.39, 0.29) is 5.91 Å². The average molecular weight is 298 g/mol. The van der Waals surface area contributed by atoms with Crippen LogP contribution in [0, 0.1) is 0 Å². The molecule has 21 heavy (non-hydrogen) atoms. The van der Waals surface area contributed by atoms with Gasteiger partial charge in [0.15, 0.2) is 0 Å². The maximum atomic E-state index is 12.3. The Morgan fingerprint density at radius 2 is 2.05 bits per heavy atom. The zero-order valence-corrected chi connectivity index (χ0v) is 12.2. The van der Waals surface area contributed by atoms with Gasteiger partial charge in [0.05, 0.1) is 12.0 Å². The van der Waals surface area contributed by atoms with Gasteiger partial charge in [-0.2, -0.15) is 0 Å². The van der Waals surface area contributed by atoms with E-state index in [0.717, 1.165) is 10.1 Å². The van der Waals surface area contributed by atoms with Crippen LogP contribution in [-0.2, 0) is 0 Å². The van der Waals surface area contributed by atoms with E-state index in [9.17, 15) is 4.79 Å². The number of thiophene rings is 1. The minimum Gasteiger partial charge on any atom is -0.497 e. The topological polar surface area (TPSA) is 64.3 Å². The Morgan fingerprint density at radius 3 is 2.86 bits per heavy atom. The monoisotopic (exact) mass is 298 g/mol. The summed E-state index contributed by atoms with van der Waals surface area (Å²) >= 11 is 1.44. The van der Waals surface area contributed by atoms with Crippen molar-refractivity contribution in [3.8, 4) is 5.75 Å². The van der Waals surface area contributed by atoms with Crippen LogP contribution in [0.1, 0.15) is 9.67 Å². The van der Waals surface area contributed by atoms with E-state index < -0.39 is 0 Å². The van der Waals surface area contributed by atoms with Gasteiger partial charge in [-0.15, -0.1) is 11.3 Å². The predicted octanol–water partition coefficient (Wildman–Crippen LogP) is 3.74. The van der Waals surface area contributed by atoms with Crippen molar-refractivity contribution in [2.75, 3.05) is 18.2 Å². The molecule has 4 nitrogen and oxygen atoms in total. The summed E-state index contributed by atoms with van der Waals surface area (Å²) in [6.45, 7) is 0. The van der Waals surface area contributed by atoms with E-state index in [1.165, 1.54) is 11.3 Å². The number of hydrogen-bond acceptors (Lipinski definition) is 4. The Morgan fingerprint density at radius 1 is 1.19 bits per heavy atom. The molecule has 0 saturated heterocycles. The van der Waals surface area contributed by atoms with Gasteiger partial charge in [-0.1, -0.05) is 6.07 Å². The summed E-state index contributed by atoms with van der Waals surface area (Å²) in [5.74, 6) is 0.569. The minimum absolute atomic E-state index is 0.136. The first kappa shape index (κ1) is 13.5. The number of nitrogens with two attached hydrogens (primary N) is 1. The second kappa shape index (κ2) is 5.46. The van der Waals surface area contributed by atoms with Crippen molar-refractivity contribution >= 4 is 38.7 Å². The van der Waals surface area contributed by atoms with E-state index in [0.29, 0.717) is 22.0 Å². The molecule has 106 valence electrons. The summed E-state index contributed by atoms with van der Waals surface area (Å²) in [6, 6.07) is 14.8. The van der Waals surface area contributed by atoms with Gasteiger partial charge in [0.2, 0.25) is 0 Å². The molecule has 0 aliphatic heterocycles. The Kier molecular flexibility index (Phi) is 3.50. The molecule has 0 fully saturated rings. The first-order chi connectivity index (χ1) is 10.2. The third-order valence-electron chi connectivity index (χ3n) is 3.09. The molecule has 3 rings (SSSR count). The lowest BCUT2D eigenvalue weighted by Gasteiger charge is -2.05. The van der Waals surface area contributed by atoms with Crippen LogP contribution in [0.5, 0.6) is 5.75 Å². The number of carbonyl (C=O) groups is 1. The molecule has 1 amide bonds. The molecule has 0 radical (unpaired) electrons. The molecule has 3 N–H and O–H groups in total. The van der Waals surface area contributed by atoms with E-state index >= 15 is 0 Å². The van der Waals surface area contributed by atoms with Gasteiger partial charge in [0.25, 0.3) is 5.91 Å². The zero-order chi connectivity index (χ0) is 14.8. The van der Waals surface area contributed by atoms with E-state index in [2.05, 4.69) is 5.32 Å². The van der Waals surface area contributed by atoms with Gasteiger partial charge in [-0.05, 0) is 41.8 Å². The number of hydrogen-bond donors (Lipinski definition) is 2. The maximum Gasteiger partial charge on any atom is 0.265 e. The van der Waals surface area contributed by atoms with Crippen LogP contribution in [0.2, 0.25) is 0 Å². The Hall–Kier alpha value is -2.53. The molecular weight excluding hydrogens is 284 g/mol. The van der Waals surface area contributed by atoms with Crippen molar-refractivity contribution in [3.05, 3.63) is 53.4 Å². The van der Waals surface area contributed by atoms with Crippen LogP contribution < -0.4 is 15.8 Å². The first-order valence-corrected chi connectivity index (χ1v) is 7.22. The lowest BCUT2D eigenvalue weighted by atomic mass is 10.2. The van der Waals surface area contributed by atoms with Gasteiger partial charge in [-0.3, -0.25) is 4.79 Å². The number of benzene rings is 2. The third-order valence-corrected chi connectivity index (χ3v) is 4.21. The van der Waals surface area contributed by atoms with Crippen molar-refractivity contribution < 1.29 is 9.53 Å². The molecule has 0 saturated carbocycles. The van der Waals surface area contributed by atoms with Crippen LogP contribution in [0.3, 0.4) is 0 Å². The average Bonchev–Trinajstić information content (AvgIpc) is 2.90. The largest absolute Gasteiger partial charge is 0.497 e. The fraction of sp³-hybridized carbons (Fsp3) is 0.0625. The van der Waals surface area contributed by atoms with E-state index in [1.54, 1.807) is 13.2 Å². The molecule has 0 aliphatic carbocycles. The molecule has 0 unspecified atom stereocenters. The Balaban J connectivity index is 1.86. The predicted molar refractivity (Wildman–Crippen MR) is 87.2 cm³/mol. The molecule has 0 atom stereocenters. The molecule has 0 bridgehead atoms. The standard InChI is InChI=1S/C16H14N2O2S/c1-20-13-4-2-3-12(9-13)18-16(19)15-8-10-7-11(17)5-6-14(10)21-15/h2-9H,17H2,1H3,(H,18,19). The molecule has 0 spiro atoms. The summed E-state index contributed by atoms with van der Waals surface area (Å²) in [7, 11) is 1.59. The lowest BCUT2D eigenvalue weighted by molar-refractivity contribution is 0.103. The fourth-order valence-corrected chi connectivity index (χ4v) is 3.01. The number of anilines is 2. The van der Waals surface area contributed by atoms with E-state index in [4.69, 9.17) is 10.5 Å². The summed E-state index contributed by atoms with van der Waals surface area (Å²) in [5, 5.41) is 3.85. The molecule has 5 heteroatoms. The van der Waals surface area contributed by atoms with Crippen LogP contribution in [0.4, 0.5) is 11.4 Å². The van der Waals surface area contributed by atoms with Gasteiger partial charge in [0, 0.05) is 22.1 Å². The highest BCUT2D eigenvalue weighted by atomic mass is 32.1. The van der Waals surface area contributed by atoms with Crippen molar-refractivity contribution in [1.82, 2.24) is 0 Å². The quantitative estimate of drug-likeness (QED) is 0.724. The fourth-order valence-electron chi connectivity index (χ4n) is 2.07. The lowest BCUT2D eigenvalue weighted by Crippen LogP contribution is -2.09. The van der Waals surface area contributed by atoms with Crippen LogP contribution >= 0.6 is 11.3 Å². The Labute approximate surface area is 126 Å². The van der Waals surface area contributed by atoms with Crippen LogP contribution in [-0.4, -0.2) is 13.0 Å². The van der Waals surface area contributed by atoms with Crippen molar-refractivity contribution in [3.63, 3.8) is 0 Å². The normalized spacial score (nSPS) is 10.5. The SMILES string of the molecule is COc1cccc(NC(=O)c2cc3cc(N)ccc3s2)c1. The molecule has 2 aromatic carbocycles. The highest BCUT2D eigenvalue weighted by Crippen LogP contribution is 2.28. The number of nitrogens with one attached hydrogen (secondary N) is 1. The summed E-state index contributed by atoms with van der Waals surface area (Å²) in [6.07, 6.45) is 0. The molecule has 0 aliphatic rings. The van der Waals surface area contributed by atoms with Crippen molar-refractivity contribution in [1.29, 1.82) is 0 Å². The molecule has 3 aromatic rings. The number of rotatable bonds is 3. The number of nitrogen functional groups attached to an aromatic ring is 1. The third kappa shape index (κ3) is 2.83. The second-order valence-electron chi connectivity index (χ2n) is 4.59. The van der Waals surface area contributed by atoms with Gasteiger partial charge < -0.3 is 15.8 Å². The van der Waals surface area contributed by atoms with Gasteiger partial charge in [-0.25, -0.2) is 0 Å². The number of fused-ring (bicyclic) bond motifs is 1. The van der Waals surface area contributed by atoms with Crippen LogP contribution in [0.25, 0.3) is 10.1 Å². The summed E-state index contributed by atoms with van der Waals surface area (Å²) < 4.78 is 6.18. The molecular formula is C16H14N2O2S. The number of carbonyl (C=O) groups excluding carboxylic acids is 1. The minimum atomic E-state index is -0.136. The second-order valence-corrected chi connectivity index (χ2v) is 5.68. The highest BCUT2D eigenvalue weighted by Gasteiger charge is 2.11. The van der Waals surface area contributed by atoms with Crippen molar-refractivity contribution in [2.24, 2.45) is 0 Å². The number of ether oxygens (including phenoxy) is 1. The van der Waals surface area contributed by atoms with Crippen LogP contribution in [0.15, 0.2) is 48.5 Å². The number of amides is 1. The van der Waals surface area contributed by atoms with Gasteiger partial charge >= 0.3 is 0 Å². The van der Waals surface area contributed by atoms with Crippen molar-refractivity contribution in [2.45, 2.75) is 0 Å². The zero-order valence-electron chi connectivity index (χ0n) is 11.4. The molecule has 1 aromatic heterocycles. The first-order valence-electron chi connectivity index (χ1n) is 6.40. The highest BCUT2D eigenvalue weighted by molar-refractivity contribution is 7.20. The number of methoxy groups -OCH3 is 1. The van der Waals surface area contributed by atoms with E-state index in [1.807, 2.05) is 42.5 Å². The molecule has 1 heterocycles. The summed E-state index contributed by atoms with van der Waals surface area (Å²) in [5.41, 5.74) is 7.15. The smallest absolute Gasteiger partial charge is 0.265 e. The Bertz CT molecular complexity index is 811. The maximum absolute atomic E-state index is 12.3.